The van der Waals surface area contributed by atoms with Crippen molar-refractivity contribution in [2.75, 3.05) is 0 Å². The minimum atomic E-state index is 0.611. The normalized spacial score (nSPS) is 11.6. The molecule has 1 aliphatic rings. The van der Waals surface area contributed by atoms with Crippen molar-refractivity contribution in [2.45, 2.75) is 0 Å². The van der Waals surface area contributed by atoms with Crippen LogP contribution in [-0.4, -0.2) is 15.0 Å². The van der Waals surface area contributed by atoms with E-state index >= 15 is 0 Å². The SMILES string of the molecule is c1ccc(-c2nc(-c3ccccc3)nc(-c3cccc(-c4cccc5c4oc4c(-c6ccc7c(c6)-c6ccccc6-c6ccccc6-c6ccccc6-7)cccc45)c3)n2)cc1. The zero-order valence-corrected chi connectivity index (χ0v) is 33.0. The lowest BCUT2D eigenvalue weighted by molar-refractivity contribution is 0.671. The Hall–Kier alpha value is -8.21. The molecule has 2 aromatic heterocycles. The summed E-state index contributed by atoms with van der Waals surface area (Å²) in [4.78, 5) is 14.9. The predicted molar refractivity (Wildman–Crippen MR) is 250 cm³/mol. The summed E-state index contributed by atoms with van der Waals surface area (Å²) in [6.45, 7) is 0. The summed E-state index contributed by atoms with van der Waals surface area (Å²) < 4.78 is 7.04. The summed E-state index contributed by atoms with van der Waals surface area (Å²) in [5.41, 5.74) is 18.5. The third kappa shape index (κ3) is 5.88. The fourth-order valence-corrected chi connectivity index (χ4v) is 9.07. The van der Waals surface area contributed by atoms with E-state index < -0.39 is 0 Å². The number of para-hydroxylation sites is 2. The van der Waals surface area contributed by atoms with Gasteiger partial charge in [-0.25, -0.2) is 15.0 Å². The summed E-state index contributed by atoms with van der Waals surface area (Å²) >= 11 is 0. The van der Waals surface area contributed by atoms with Crippen molar-refractivity contribution in [3.63, 3.8) is 0 Å². The molecule has 1 aliphatic carbocycles. The Morgan fingerprint density at radius 1 is 0.230 bits per heavy atom. The Kier molecular flexibility index (Phi) is 8.13. The van der Waals surface area contributed by atoms with E-state index in [1.807, 2.05) is 60.7 Å². The molecule has 11 aromatic rings. The molecule has 4 heteroatoms. The highest BCUT2D eigenvalue weighted by Gasteiger charge is 2.23. The molecular weight excluding hydrogens is 743 g/mol. The van der Waals surface area contributed by atoms with Gasteiger partial charge in [0.1, 0.15) is 11.2 Å². The maximum atomic E-state index is 7.04. The van der Waals surface area contributed by atoms with E-state index in [1.54, 1.807) is 0 Å². The lowest BCUT2D eigenvalue weighted by Gasteiger charge is -2.23. The van der Waals surface area contributed by atoms with Gasteiger partial charge in [-0.1, -0.05) is 200 Å². The molecule has 0 N–H and O–H groups in total. The number of fused-ring (bicyclic) bond motifs is 11. The number of nitrogens with zero attached hydrogens (tertiary/aromatic N) is 3. The van der Waals surface area contributed by atoms with Crippen molar-refractivity contribution in [2.24, 2.45) is 0 Å². The molecule has 12 rings (SSSR count). The van der Waals surface area contributed by atoms with Crippen LogP contribution in [0.3, 0.4) is 0 Å². The highest BCUT2D eigenvalue weighted by molar-refractivity contribution is 6.13. The fraction of sp³-hybridized carbons (Fsp3) is 0. The van der Waals surface area contributed by atoms with E-state index in [0.717, 1.165) is 60.9 Å². The molecule has 0 atom stereocenters. The Labute approximate surface area is 353 Å². The second-order valence-corrected chi connectivity index (χ2v) is 15.5. The highest BCUT2D eigenvalue weighted by atomic mass is 16.3. The Balaban J connectivity index is 0.999. The van der Waals surface area contributed by atoms with Gasteiger partial charge in [0.05, 0.1) is 0 Å². The molecule has 61 heavy (non-hydrogen) atoms. The van der Waals surface area contributed by atoms with Gasteiger partial charge in [0.2, 0.25) is 0 Å². The smallest absolute Gasteiger partial charge is 0.164 e. The van der Waals surface area contributed by atoms with Gasteiger partial charge >= 0.3 is 0 Å². The van der Waals surface area contributed by atoms with Gasteiger partial charge in [0.25, 0.3) is 0 Å². The molecule has 4 nitrogen and oxygen atoms in total. The van der Waals surface area contributed by atoms with Crippen molar-refractivity contribution in [3.8, 4) is 101 Å². The third-order valence-electron chi connectivity index (χ3n) is 11.9. The summed E-state index contributed by atoms with van der Waals surface area (Å²) in [7, 11) is 0. The van der Waals surface area contributed by atoms with E-state index in [1.165, 1.54) is 44.5 Å². The zero-order chi connectivity index (χ0) is 40.3. The van der Waals surface area contributed by atoms with E-state index in [2.05, 4.69) is 152 Å². The van der Waals surface area contributed by atoms with E-state index in [9.17, 15) is 0 Å². The predicted octanol–water partition coefficient (Wildman–Crippen LogP) is 15.1. The van der Waals surface area contributed by atoms with Gasteiger partial charge < -0.3 is 4.42 Å². The minimum absolute atomic E-state index is 0.611. The lowest BCUT2D eigenvalue weighted by Crippen LogP contribution is -2.00. The number of rotatable bonds is 5. The highest BCUT2D eigenvalue weighted by Crippen LogP contribution is 2.49. The van der Waals surface area contributed by atoms with E-state index in [0.29, 0.717) is 17.5 Å². The van der Waals surface area contributed by atoms with E-state index in [-0.39, 0.29) is 0 Å². The van der Waals surface area contributed by atoms with Crippen LogP contribution >= 0.6 is 0 Å². The van der Waals surface area contributed by atoms with Crippen molar-refractivity contribution < 1.29 is 4.42 Å². The van der Waals surface area contributed by atoms with Crippen LogP contribution in [0, 0.1) is 0 Å². The number of hydrogen-bond donors (Lipinski definition) is 0. The molecule has 9 aromatic carbocycles. The molecule has 0 saturated heterocycles. The quantitative estimate of drug-likeness (QED) is 0.175. The van der Waals surface area contributed by atoms with Crippen LogP contribution in [0.4, 0.5) is 0 Å². The van der Waals surface area contributed by atoms with Crippen LogP contribution in [-0.2, 0) is 0 Å². The first kappa shape index (κ1) is 34.8. The second-order valence-electron chi connectivity index (χ2n) is 15.5. The molecular formula is C57H35N3O. The average molecular weight is 778 g/mol. The molecule has 0 spiro atoms. The molecule has 0 unspecified atom stereocenters. The van der Waals surface area contributed by atoms with Crippen LogP contribution in [0.2, 0.25) is 0 Å². The van der Waals surface area contributed by atoms with Gasteiger partial charge in [-0.05, 0) is 67.8 Å². The summed E-state index contributed by atoms with van der Waals surface area (Å²) in [6, 6.07) is 74.7. The molecule has 0 fully saturated rings. The van der Waals surface area contributed by atoms with Gasteiger partial charge in [-0.3, -0.25) is 0 Å². The molecule has 0 aliphatic heterocycles. The summed E-state index contributed by atoms with van der Waals surface area (Å²) in [5.74, 6) is 1.88. The Bertz CT molecular complexity index is 3410. The van der Waals surface area contributed by atoms with Crippen LogP contribution in [0.15, 0.2) is 217 Å². The van der Waals surface area contributed by atoms with Gasteiger partial charge in [0, 0.05) is 38.6 Å². The maximum Gasteiger partial charge on any atom is 0.164 e. The molecule has 2 heterocycles. The lowest BCUT2D eigenvalue weighted by atomic mass is 9.80. The van der Waals surface area contributed by atoms with Gasteiger partial charge in [-0.2, -0.15) is 0 Å². The first-order chi connectivity index (χ1) is 30.2. The summed E-state index contributed by atoms with van der Waals surface area (Å²) in [5, 5.41) is 2.15. The monoisotopic (exact) mass is 777 g/mol. The van der Waals surface area contributed by atoms with Crippen LogP contribution in [0.25, 0.3) is 123 Å². The molecule has 0 amide bonds. The molecule has 0 radical (unpaired) electrons. The van der Waals surface area contributed by atoms with Crippen LogP contribution in [0.5, 0.6) is 0 Å². The summed E-state index contributed by atoms with van der Waals surface area (Å²) in [6.07, 6.45) is 0. The topological polar surface area (TPSA) is 51.8 Å². The van der Waals surface area contributed by atoms with Crippen molar-refractivity contribution in [1.82, 2.24) is 15.0 Å². The maximum absolute atomic E-state index is 7.04. The van der Waals surface area contributed by atoms with Crippen molar-refractivity contribution in [3.05, 3.63) is 212 Å². The first-order valence-corrected chi connectivity index (χ1v) is 20.6. The van der Waals surface area contributed by atoms with Crippen molar-refractivity contribution >= 4 is 21.9 Å². The number of furan rings is 1. The third-order valence-corrected chi connectivity index (χ3v) is 11.9. The molecule has 0 saturated carbocycles. The zero-order valence-electron chi connectivity index (χ0n) is 33.0. The van der Waals surface area contributed by atoms with Crippen LogP contribution < -0.4 is 0 Å². The average Bonchev–Trinajstić information content (AvgIpc) is 3.73. The first-order valence-electron chi connectivity index (χ1n) is 20.6. The van der Waals surface area contributed by atoms with E-state index in [4.69, 9.17) is 19.4 Å². The van der Waals surface area contributed by atoms with Gasteiger partial charge in [-0.15, -0.1) is 0 Å². The van der Waals surface area contributed by atoms with Crippen LogP contribution in [0.1, 0.15) is 0 Å². The Morgan fingerprint density at radius 2 is 0.574 bits per heavy atom. The van der Waals surface area contributed by atoms with Crippen molar-refractivity contribution in [1.29, 1.82) is 0 Å². The number of hydrogen-bond acceptors (Lipinski definition) is 4. The second kappa shape index (κ2) is 14.3. The van der Waals surface area contributed by atoms with Gasteiger partial charge in [0.15, 0.2) is 17.5 Å². The number of aromatic nitrogens is 3. The number of benzene rings is 9. The largest absolute Gasteiger partial charge is 0.455 e. The Morgan fingerprint density at radius 3 is 1.07 bits per heavy atom. The molecule has 284 valence electrons. The fourth-order valence-electron chi connectivity index (χ4n) is 9.07. The standard InChI is InChI=1S/C57H35N3O/c1-3-16-36(17-4-1)55-58-56(37-18-5-2-6-19-37)60-57(59-55)40-21-13-20-38(34-40)41-28-14-30-50-51-31-15-29-42(54(51)61-53(41)50)39-32-33-49-47-26-10-9-24-45(47)43-22-7-8-23-44(43)46-25-11-12-27-48(46)52(49)35-39/h1-35H. The minimum Gasteiger partial charge on any atom is -0.455 e. The molecule has 0 bridgehead atoms.